The number of aliphatic imine (C=N–C) groups is 1. The van der Waals surface area contributed by atoms with Crippen molar-refractivity contribution >= 4 is 17.6 Å². The van der Waals surface area contributed by atoms with Crippen LogP contribution in [0.25, 0.3) is 0 Å². The number of carbonyl (C=O) groups excluding carboxylic acids is 1. The van der Waals surface area contributed by atoms with Crippen molar-refractivity contribution < 1.29 is 9.53 Å². The Balaban J connectivity index is 1.98. The highest BCUT2D eigenvalue weighted by Gasteiger charge is 2.06. The van der Waals surface area contributed by atoms with Gasteiger partial charge in [-0.05, 0) is 48.9 Å². The van der Waals surface area contributed by atoms with E-state index in [2.05, 4.69) is 10.3 Å². The van der Waals surface area contributed by atoms with E-state index in [1.54, 1.807) is 24.3 Å². The molecule has 0 aliphatic rings. The zero-order valence-electron chi connectivity index (χ0n) is 13.0. The Hall–Kier alpha value is -3.02. The fourth-order valence-corrected chi connectivity index (χ4v) is 1.95. The van der Waals surface area contributed by atoms with Crippen molar-refractivity contribution in [1.82, 2.24) is 0 Å². The van der Waals surface area contributed by atoms with Crippen LogP contribution in [0.5, 0.6) is 5.75 Å². The molecule has 0 aliphatic carbocycles. The van der Waals surface area contributed by atoms with Gasteiger partial charge in [-0.2, -0.15) is 0 Å². The maximum absolute atomic E-state index is 12.2. The molecule has 0 aliphatic heterocycles. The SMILES string of the molecule is CCOc1ccc(NC(=O)c2ccc(CN=C(N)N)cc2)cc1. The summed E-state index contributed by atoms with van der Waals surface area (Å²) in [5.74, 6) is 0.638. The highest BCUT2D eigenvalue weighted by molar-refractivity contribution is 6.04. The third-order valence-electron chi connectivity index (χ3n) is 3.08. The topological polar surface area (TPSA) is 103 Å². The van der Waals surface area contributed by atoms with Gasteiger partial charge in [0.1, 0.15) is 5.75 Å². The number of amides is 1. The molecular formula is C17H20N4O2. The van der Waals surface area contributed by atoms with Crippen molar-refractivity contribution in [3.8, 4) is 5.75 Å². The van der Waals surface area contributed by atoms with Gasteiger partial charge in [0.25, 0.3) is 5.91 Å². The zero-order valence-corrected chi connectivity index (χ0v) is 13.0. The summed E-state index contributed by atoms with van der Waals surface area (Å²) >= 11 is 0. The number of hydrogen-bond donors (Lipinski definition) is 3. The van der Waals surface area contributed by atoms with E-state index in [0.717, 1.165) is 11.3 Å². The lowest BCUT2D eigenvalue weighted by Gasteiger charge is -2.07. The second-order valence-electron chi connectivity index (χ2n) is 4.85. The normalized spacial score (nSPS) is 9.96. The van der Waals surface area contributed by atoms with Gasteiger partial charge in [0.15, 0.2) is 5.96 Å². The molecule has 120 valence electrons. The predicted octanol–water partition coefficient (Wildman–Crippen LogP) is 2.11. The van der Waals surface area contributed by atoms with Gasteiger partial charge in [0.05, 0.1) is 13.2 Å². The number of nitrogens with two attached hydrogens (primary N) is 2. The summed E-state index contributed by atoms with van der Waals surface area (Å²) in [6, 6.07) is 14.4. The van der Waals surface area contributed by atoms with E-state index in [0.29, 0.717) is 24.4 Å². The highest BCUT2D eigenvalue weighted by atomic mass is 16.5. The molecule has 23 heavy (non-hydrogen) atoms. The molecule has 0 saturated heterocycles. The molecule has 2 aromatic rings. The molecule has 1 amide bonds. The zero-order chi connectivity index (χ0) is 16.7. The number of nitrogens with one attached hydrogen (secondary N) is 1. The van der Waals surface area contributed by atoms with E-state index in [1.165, 1.54) is 0 Å². The Morgan fingerprint density at radius 2 is 1.74 bits per heavy atom. The van der Waals surface area contributed by atoms with E-state index < -0.39 is 0 Å². The average Bonchev–Trinajstić information content (AvgIpc) is 2.55. The average molecular weight is 312 g/mol. The molecule has 0 unspecified atom stereocenters. The summed E-state index contributed by atoms with van der Waals surface area (Å²) in [7, 11) is 0. The minimum absolute atomic E-state index is 0.0438. The van der Waals surface area contributed by atoms with Gasteiger partial charge in [-0.25, -0.2) is 4.99 Å². The van der Waals surface area contributed by atoms with Crippen LogP contribution in [0, 0.1) is 0 Å². The van der Waals surface area contributed by atoms with E-state index >= 15 is 0 Å². The monoisotopic (exact) mass is 312 g/mol. The Kier molecular flexibility index (Phi) is 5.57. The number of rotatable bonds is 6. The van der Waals surface area contributed by atoms with Crippen molar-refractivity contribution in [2.45, 2.75) is 13.5 Å². The van der Waals surface area contributed by atoms with E-state index in [1.807, 2.05) is 31.2 Å². The molecule has 0 spiro atoms. The first-order valence-electron chi connectivity index (χ1n) is 7.27. The molecular weight excluding hydrogens is 292 g/mol. The quantitative estimate of drug-likeness (QED) is 0.561. The molecule has 2 aromatic carbocycles. The van der Waals surface area contributed by atoms with E-state index in [9.17, 15) is 4.79 Å². The van der Waals surface area contributed by atoms with Gasteiger partial charge in [0, 0.05) is 11.3 Å². The fourth-order valence-electron chi connectivity index (χ4n) is 1.95. The Morgan fingerprint density at radius 1 is 1.09 bits per heavy atom. The lowest BCUT2D eigenvalue weighted by Crippen LogP contribution is -2.22. The van der Waals surface area contributed by atoms with Crippen LogP contribution in [-0.2, 0) is 6.54 Å². The molecule has 6 nitrogen and oxygen atoms in total. The fraction of sp³-hybridized carbons (Fsp3) is 0.176. The number of benzene rings is 2. The summed E-state index contributed by atoms with van der Waals surface area (Å²) in [5.41, 5.74) is 12.8. The number of nitrogens with zero attached hydrogens (tertiary/aromatic N) is 1. The van der Waals surface area contributed by atoms with Crippen LogP contribution in [-0.4, -0.2) is 18.5 Å². The minimum Gasteiger partial charge on any atom is -0.494 e. The first-order valence-corrected chi connectivity index (χ1v) is 7.27. The summed E-state index contributed by atoms with van der Waals surface area (Å²) < 4.78 is 5.36. The van der Waals surface area contributed by atoms with Gasteiger partial charge in [-0.15, -0.1) is 0 Å². The summed E-state index contributed by atoms with van der Waals surface area (Å²) in [5, 5.41) is 2.84. The first kappa shape index (κ1) is 16.4. The van der Waals surface area contributed by atoms with Crippen LogP contribution in [0.4, 0.5) is 5.69 Å². The van der Waals surface area contributed by atoms with Crippen LogP contribution in [0.3, 0.4) is 0 Å². The van der Waals surface area contributed by atoms with E-state index in [4.69, 9.17) is 16.2 Å². The lowest BCUT2D eigenvalue weighted by molar-refractivity contribution is 0.102. The number of carbonyl (C=O) groups is 1. The largest absolute Gasteiger partial charge is 0.494 e. The Labute approximate surface area is 135 Å². The van der Waals surface area contributed by atoms with Crippen molar-refractivity contribution in [3.05, 3.63) is 59.7 Å². The Morgan fingerprint density at radius 3 is 2.30 bits per heavy atom. The third kappa shape index (κ3) is 5.03. The first-order chi connectivity index (χ1) is 11.1. The van der Waals surface area contributed by atoms with Gasteiger partial charge in [-0.3, -0.25) is 4.79 Å². The van der Waals surface area contributed by atoms with Gasteiger partial charge in [-0.1, -0.05) is 12.1 Å². The van der Waals surface area contributed by atoms with Gasteiger partial charge >= 0.3 is 0 Å². The Bertz CT molecular complexity index is 675. The van der Waals surface area contributed by atoms with Crippen LogP contribution in [0.15, 0.2) is 53.5 Å². The van der Waals surface area contributed by atoms with Crippen molar-refractivity contribution in [3.63, 3.8) is 0 Å². The standard InChI is InChI=1S/C17H20N4O2/c1-2-23-15-9-7-14(8-10-15)21-16(22)13-5-3-12(4-6-13)11-20-17(18)19/h3-10H,2,11H2,1H3,(H,21,22)(H4,18,19,20). The number of anilines is 1. The van der Waals surface area contributed by atoms with Crippen molar-refractivity contribution in [2.24, 2.45) is 16.5 Å². The third-order valence-corrected chi connectivity index (χ3v) is 3.08. The van der Waals surface area contributed by atoms with Gasteiger partial charge < -0.3 is 21.5 Å². The lowest BCUT2D eigenvalue weighted by atomic mass is 10.1. The molecule has 0 heterocycles. The molecule has 0 bridgehead atoms. The second kappa shape index (κ2) is 7.84. The number of hydrogen-bond acceptors (Lipinski definition) is 3. The van der Waals surface area contributed by atoms with Crippen molar-refractivity contribution in [1.29, 1.82) is 0 Å². The summed E-state index contributed by atoms with van der Waals surface area (Å²) in [6.07, 6.45) is 0. The number of guanidine groups is 1. The molecule has 5 N–H and O–H groups in total. The predicted molar refractivity (Wildman–Crippen MR) is 91.5 cm³/mol. The molecule has 0 radical (unpaired) electrons. The maximum atomic E-state index is 12.2. The van der Waals surface area contributed by atoms with Crippen molar-refractivity contribution in [2.75, 3.05) is 11.9 Å². The molecule has 0 saturated carbocycles. The summed E-state index contributed by atoms with van der Waals surface area (Å²) in [6.45, 7) is 2.92. The van der Waals surface area contributed by atoms with E-state index in [-0.39, 0.29) is 11.9 Å². The maximum Gasteiger partial charge on any atom is 0.255 e. The van der Waals surface area contributed by atoms with Crippen LogP contribution >= 0.6 is 0 Å². The van der Waals surface area contributed by atoms with Gasteiger partial charge in [0.2, 0.25) is 0 Å². The van der Waals surface area contributed by atoms with Crippen LogP contribution in [0.1, 0.15) is 22.8 Å². The minimum atomic E-state index is -0.178. The number of ether oxygens (including phenoxy) is 1. The second-order valence-corrected chi connectivity index (χ2v) is 4.85. The summed E-state index contributed by atoms with van der Waals surface area (Å²) in [4.78, 5) is 16.1. The molecule has 2 rings (SSSR count). The van der Waals surface area contributed by atoms with Crippen LogP contribution in [0.2, 0.25) is 0 Å². The van der Waals surface area contributed by atoms with Crippen LogP contribution < -0.4 is 21.5 Å². The molecule has 0 fully saturated rings. The highest BCUT2D eigenvalue weighted by Crippen LogP contribution is 2.16. The molecule has 0 aromatic heterocycles. The smallest absolute Gasteiger partial charge is 0.255 e. The molecule has 6 heteroatoms. The molecule has 0 atom stereocenters.